The van der Waals surface area contributed by atoms with Crippen LogP contribution in [0, 0.1) is 13.8 Å². The number of hydrogen-bond acceptors (Lipinski definition) is 6. The maximum Gasteiger partial charge on any atom is 0.295 e. The van der Waals surface area contributed by atoms with E-state index in [9.17, 15) is 8.42 Å². The standard InChI is InChI=1S/C16H16N2O4S2/c1-10-11(2)17-22-16(10)14-7-8-15(21-14)24(19,20)18-12-5-4-6-13(9-12)23-3/h4-9,18H,1-3H3. The third-order valence-electron chi connectivity index (χ3n) is 3.55. The fraction of sp³-hybridized carbons (Fsp3) is 0.188. The van der Waals surface area contributed by atoms with Crippen LogP contribution in [-0.2, 0) is 10.0 Å². The minimum atomic E-state index is -3.82. The van der Waals surface area contributed by atoms with Gasteiger partial charge in [0.15, 0.2) is 5.76 Å². The molecule has 2 aromatic heterocycles. The summed E-state index contributed by atoms with van der Waals surface area (Å²) in [6.45, 7) is 3.65. The molecule has 6 nitrogen and oxygen atoms in total. The summed E-state index contributed by atoms with van der Waals surface area (Å²) in [7, 11) is -3.82. The van der Waals surface area contributed by atoms with Gasteiger partial charge in [0.05, 0.1) is 11.4 Å². The zero-order valence-electron chi connectivity index (χ0n) is 13.4. The number of thioether (sulfide) groups is 1. The van der Waals surface area contributed by atoms with Crippen molar-refractivity contribution in [1.29, 1.82) is 0 Å². The summed E-state index contributed by atoms with van der Waals surface area (Å²) < 4.78 is 38.1. The van der Waals surface area contributed by atoms with Crippen LogP contribution in [0.5, 0.6) is 0 Å². The van der Waals surface area contributed by atoms with Gasteiger partial charge < -0.3 is 8.94 Å². The number of rotatable bonds is 5. The average Bonchev–Trinajstić information content (AvgIpc) is 3.16. The van der Waals surface area contributed by atoms with Gasteiger partial charge in [-0.1, -0.05) is 11.2 Å². The fourth-order valence-corrected chi connectivity index (χ4v) is 3.57. The van der Waals surface area contributed by atoms with Crippen molar-refractivity contribution in [3.05, 3.63) is 47.7 Å². The van der Waals surface area contributed by atoms with Gasteiger partial charge in [0.25, 0.3) is 10.0 Å². The Hall–Kier alpha value is -2.19. The van der Waals surface area contributed by atoms with Crippen molar-refractivity contribution in [3.8, 4) is 11.5 Å². The topological polar surface area (TPSA) is 85.3 Å². The predicted molar refractivity (Wildman–Crippen MR) is 92.7 cm³/mol. The number of aryl methyl sites for hydroxylation is 1. The van der Waals surface area contributed by atoms with Crippen LogP contribution in [-0.4, -0.2) is 19.8 Å². The summed E-state index contributed by atoms with van der Waals surface area (Å²) in [5.41, 5.74) is 2.03. The molecule has 0 aliphatic carbocycles. The van der Waals surface area contributed by atoms with Crippen molar-refractivity contribution in [3.63, 3.8) is 0 Å². The first kappa shape index (κ1) is 16.7. The number of aromatic nitrogens is 1. The average molecular weight is 364 g/mol. The van der Waals surface area contributed by atoms with E-state index >= 15 is 0 Å². The summed E-state index contributed by atoms with van der Waals surface area (Å²) in [6, 6.07) is 10.1. The molecule has 0 saturated heterocycles. The van der Waals surface area contributed by atoms with Gasteiger partial charge in [-0.25, -0.2) is 0 Å². The van der Waals surface area contributed by atoms with Crippen molar-refractivity contribution in [1.82, 2.24) is 5.16 Å². The molecule has 0 bridgehead atoms. The number of hydrogen-bond donors (Lipinski definition) is 1. The summed E-state index contributed by atoms with van der Waals surface area (Å²) in [6.07, 6.45) is 1.92. The molecule has 0 atom stereocenters. The fourth-order valence-electron chi connectivity index (χ4n) is 2.12. The number of furan rings is 1. The number of anilines is 1. The molecule has 0 spiro atoms. The van der Waals surface area contributed by atoms with Crippen molar-refractivity contribution < 1.29 is 17.4 Å². The zero-order chi connectivity index (χ0) is 17.3. The lowest BCUT2D eigenvalue weighted by atomic mass is 10.2. The molecule has 1 aromatic carbocycles. The van der Waals surface area contributed by atoms with E-state index in [1.807, 2.05) is 26.2 Å². The first-order valence-electron chi connectivity index (χ1n) is 7.10. The van der Waals surface area contributed by atoms with Crippen molar-refractivity contribution >= 4 is 27.5 Å². The third kappa shape index (κ3) is 3.20. The molecule has 0 unspecified atom stereocenters. The van der Waals surface area contributed by atoms with Gasteiger partial charge in [-0.15, -0.1) is 11.8 Å². The van der Waals surface area contributed by atoms with E-state index in [-0.39, 0.29) is 5.09 Å². The molecule has 2 heterocycles. The Labute approximate surface area is 144 Å². The van der Waals surface area contributed by atoms with Gasteiger partial charge in [0, 0.05) is 10.5 Å². The third-order valence-corrected chi connectivity index (χ3v) is 5.53. The highest BCUT2D eigenvalue weighted by Gasteiger charge is 2.22. The van der Waals surface area contributed by atoms with Crippen LogP contribution in [0.1, 0.15) is 11.3 Å². The van der Waals surface area contributed by atoms with Crippen molar-refractivity contribution in [2.24, 2.45) is 0 Å². The normalized spacial score (nSPS) is 11.6. The van der Waals surface area contributed by atoms with Crippen LogP contribution < -0.4 is 4.72 Å². The Bertz CT molecular complexity index is 974. The van der Waals surface area contributed by atoms with Gasteiger partial charge in [-0.05, 0) is 50.4 Å². The Kier molecular flexibility index (Phi) is 4.42. The van der Waals surface area contributed by atoms with Crippen LogP contribution >= 0.6 is 11.8 Å². The quantitative estimate of drug-likeness (QED) is 0.687. The largest absolute Gasteiger partial charge is 0.439 e. The second-order valence-electron chi connectivity index (χ2n) is 5.18. The lowest BCUT2D eigenvalue weighted by Crippen LogP contribution is -2.12. The highest BCUT2D eigenvalue weighted by molar-refractivity contribution is 7.98. The van der Waals surface area contributed by atoms with E-state index in [0.29, 0.717) is 17.2 Å². The van der Waals surface area contributed by atoms with Gasteiger partial charge in [-0.2, -0.15) is 8.42 Å². The molecule has 3 rings (SSSR count). The lowest BCUT2D eigenvalue weighted by Gasteiger charge is -2.06. The van der Waals surface area contributed by atoms with E-state index in [0.717, 1.165) is 16.2 Å². The molecule has 0 fully saturated rings. The van der Waals surface area contributed by atoms with E-state index in [4.69, 9.17) is 8.94 Å². The Morgan fingerprint density at radius 1 is 1.17 bits per heavy atom. The SMILES string of the molecule is CSc1cccc(NS(=O)(=O)c2ccc(-c3onc(C)c3C)o2)c1. The summed E-state index contributed by atoms with van der Waals surface area (Å²) in [4.78, 5) is 0.961. The summed E-state index contributed by atoms with van der Waals surface area (Å²) in [5.74, 6) is 0.754. The smallest absolute Gasteiger partial charge is 0.295 e. The molecule has 3 aromatic rings. The second-order valence-corrected chi connectivity index (χ2v) is 7.67. The first-order chi connectivity index (χ1) is 11.4. The number of nitrogens with one attached hydrogen (secondary N) is 1. The number of sulfonamides is 1. The second kappa shape index (κ2) is 6.37. The zero-order valence-corrected chi connectivity index (χ0v) is 15.0. The monoisotopic (exact) mass is 364 g/mol. The van der Waals surface area contributed by atoms with E-state index in [2.05, 4.69) is 9.88 Å². The molecular formula is C16H16N2O4S2. The molecular weight excluding hydrogens is 348 g/mol. The van der Waals surface area contributed by atoms with Crippen LogP contribution in [0.15, 0.2) is 55.3 Å². The minimum absolute atomic E-state index is 0.180. The van der Waals surface area contributed by atoms with Crippen LogP contribution in [0.2, 0.25) is 0 Å². The van der Waals surface area contributed by atoms with E-state index in [1.54, 1.807) is 24.3 Å². The summed E-state index contributed by atoms with van der Waals surface area (Å²) in [5, 5.41) is 3.67. The van der Waals surface area contributed by atoms with E-state index < -0.39 is 10.0 Å². The highest BCUT2D eigenvalue weighted by atomic mass is 32.2. The lowest BCUT2D eigenvalue weighted by molar-refractivity contribution is 0.398. The highest BCUT2D eigenvalue weighted by Crippen LogP contribution is 2.29. The van der Waals surface area contributed by atoms with Crippen LogP contribution in [0.3, 0.4) is 0 Å². The molecule has 126 valence electrons. The molecule has 1 N–H and O–H groups in total. The van der Waals surface area contributed by atoms with Gasteiger partial charge >= 0.3 is 0 Å². The Morgan fingerprint density at radius 3 is 2.62 bits per heavy atom. The molecule has 8 heteroatoms. The predicted octanol–water partition coefficient (Wildman–Crippen LogP) is 4.07. The van der Waals surface area contributed by atoms with Gasteiger partial charge in [0.1, 0.15) is 0 Å². The number of benzene rings is 1. The van der Waals surface area contributed by atoms with Crippen LogP contribution in [0.25, 0.3) is 11.5 Å². The maximum atomic E-state index is 12.5. The van der Waals surface area contributed by atoms with Crippen LogP contribution in [0.4, 0.5) is 5.69 Å². The first-order valence-corrected chi connectivity index (χ1v) is 9.81. The van der Waals surface area contributed by atoms with Crippen molar-refractivity contribution in [2.45, 2.75) is 23.8 Å². The molecule has 0 saturated carbocycles. The van der Waals surface area contributed by atoms with Gasteiger partial charge in [0.2, 0.25) is 10.9 Å². The number of nitrogens with zero attached hydrogens (tertiary/aromatic N) is 1. The molecule has 24 heavy (non-hydrogen) atoms. The van der Waals surface area contributed by atoms with E-state index in [1.165, 1.54) is 17.8 Å². The van der Waals surface area contributed by atoms with Crippen molar-refractivity contribution in [2.75, 3.05) is 11.0 Å². The molecule has 0 amide bonds. The Balaban J connectivity index is 1.89. The molecule has 0 aliphatic rings. The van der Waals surface area contributed by atoms with Gasteiger partial charge in [-0.3, -0.25) is 4.72 Å². The minimum Gasteiger partial charge on any atom is -0.439 e. The Morgan fingerprint density at radius 2 is 1.96 bits per heavy atom. The maximum absolute atomic E-state index is 12.5. The summed E-state index contributed by atoms with van der Waals surface area (Å²) >= 11 is 1.53. The molecule has 0 aliphatic heterocycles. The molecule has 0 radical (unpaired) electrons.